The maximum Gasteiger partial charge on any atom is 0.319 e. The molecule has 0 spiro atoms. The van der Waals surface area contributed by atoms with Crippen molar-refractivity contribution in [3.05, 3.63) is 66.5 Å². The monoisotopic (exact) mass is 337 g/mol. The molecule has 0 bridgehead atoms. The molecule has 0 radical (unpaired) electrons. The van der Waals surface area contributed by atoms with Crippen molar-refractivity contribution in [2.24, 2.45) is 0 Å². The van der Waals surface area contributed by atoms with Crippen molar-refractivity contribution >= 4 is 11.7 Å². The van der Waals surface area contributed by atoms with Gasteiger partial charge < -0.3 is 15.7 Å². The highest BCUT2D eigenvalue weighted by Crippen LogP contribution is 2.23. The lowest BCUT2D eigenvalue weighted by atomic mass is 10.0. The number of aliphatic hydroxyl groups is 1. The summed E-state index contributed by atoms with van der Waals surface area (Å²) in [6.07, 6.45) is 3.63. The van der Waals surface area contributed by atoms with E-state index in [9.17, 15) is 9.90 Å². The number of H-pyrrole nitrogens is 1. The SMILES string of the molecule is O=C(Nc1cn[nH]c1-c1ccccn1)N[C@H](CCO)c1ccccc1. The second kappa shape index (κ2) is 8.07. The number of anilines is 1. The molecule has 2 aromatic heterocycles. The van der Waals surface area contributed by atoms with Crippen LogP contribution in [0.5, 0.6) is 0 Å². The standard InChI is InChI=1S/C18H19N5O2/c24-11-9-14(13-6-2-1-3-7-13)21-18(25)22-16-12-20-23-17(16)15-8-4-5-10-19-15/h1-8,10,12,14,24H,9,11H2,(H,20,23)(H2,21,22,25)/t14-/m1/s1. The van der Waals surface area contributed by atoms with Crippen LogP contribution < -0.4 is 10.6 Å². The molecule has 7 nitrogen and oxygen atoms in total. The third-order valence-electron chi connectivity index (χ3n) is 3.73. The van der Waals surface area contributed by atoms with Crippen LogP contribution in [-0.2, 0) is 0 Å². The van der Waals surface area contributed by atoms with E-state index in [0.717, 1.165) is 5.56 Å². The minimum atomic E-state index is -0.374. The molecule has 0 fully saturated rings. The highest BCUT2D eigenvalue weighted by Gasteiger charge is 2.16. The summed E-state index contributed by atoms with van der Waals surface area (Å²) in [6.45, 7) is -0.0231. The van der Waals surface area contributed by atoms with E-state index in [1.165, 1.54) is 6.20 Å². The van der Waals surface area contributed by atoms with Crippen LogP contribution in [-0.4, -0.2) is 32.9 Å². The van der Waals surface area contributed by atoms with Crippen LogP contribution in [0.25, 0.3) is 11.4 Å². The number of amides is 2. The Balaban J connectivity index is 1.71. The van der Waals surface area contributed by atoms with Gasteiger partial charge in [0.2, 0.25) is 0 Å². The first-order chi connectivity index (χ1) is 12.3. The van der Waals surface area contributed by atoms with Crippen molar-refractivity contribution in [1.29, 1.82) is 0 Å². The highest BCUT2D eigenvalue weighted by atomic mass is 16.3. The minimum Gasteiger partial charge on any atom is -0.396 e. The lowest BCUT2D eigenvalue weighted by molar-refractivity contribution is 0.239. The van der Waals surface area contributed by atoms with E-state index in [0.29, 0.717) is 23.5 Å². The molecular formula is C18H19N5O2. The molecule has 128 valence electrons. The lowest BCUT2D eigenvalue weighted by Gasteiger charge is -2.18. The number of nitrogens with zero attached hydrogens (tertiary/aromatic N) is 2. The first kappa shape index (κ1) is 16.7. The number of hydrogen-bond donors (Lipinski definition) is 4. The predicted molar refractivity (Wildman–Crippen MR) is 94.9 cm³/mol. The van der Waals surface area contributed by atoms with Crippen molar-refractivity contribution in [2.45, 2.75) is 12.5 Å². The van der Waals surface area contributed by atoms with E-state index >= 15 is 0 Å². The average molecular weight is 337 g/mol. The van der Waals surface area contributed by atoms with Crippen LogP contribution in [0.1, 0.15) is 18.0 Å². The second-order valence-electron chi connectivity index (χ2n) is 5.45. The van der Waals surface area contributed by atoms with E-state index in [4.69, 9.17) is 0 Å². The second-order valence-corrected chi connectivity index (χ2v) is 5.45. The van der Waals surface area contributed by atoms with Gasteiger partial charge in [0.15, 0.2) is 0 Å². The van der Waals surface area contributed by atoms with Crippen LogP contribution in [0.2, 0.25) is 0 Å². The van der Waals surface area contributed by atoms with Crippen LogP contribution in [0.3, 0.4) is 0 Å². The molecular weight excluding hydrogens is 318 g/mol. The van der Waals surface area contributed by atoms with E-state index < -0.39 is 0 Å². The van der Waals surface area contributed by atoms with Gasteiger partial charge in [-0.25, -0.2) is 4.79 Å². The average Bonchev–Trinajstić information content (AvgIpc) is 3.11. The Hall–Kier alpha value is -3.19. The molecule has 2 heterocycles. The van der Waals surface area contributed by atoms with Crippen molar-refractivity contribution in [3.63, 3.8) is 0 Å². The Morgan fingerprint density at radius 1 is 1.16 bits per heavy atom. The molecule has 1 aromatic carbocycles. The number of benzene rings is 1. The van der Waals surface area contributed by atoms with Gasteiger partial charge >= 0.3 is 6.03 Å². The number of aromatic nitrogens is 3. The van der Waals surface area contributed by atoms with E-state index in [1.807, 2.05) is 48.5 Å². The van der Waals surface area contributed by atoms with Crippen LogP contribution >= 0.6 is 0 Å². The zero-order valence-corrected chi connectivity index (χ0v) is 13.5. The number of rotatable bonds is 6. The van der Waals surface area contributed by atoms with Gasteiger partial charge in [-0.15, -0.1) is 0 Å². The molecule has 1 atom stereocenters. The Morgan fingerprint density at radius 3 is 2.68 bits per heavy atom. The Bertz CT molecular complexity index is 805. The van der Waals surface area contributed by atoms with Crippen molar-refractivity contribution in [2.75, 3.05) is 11.9 Å². The maximum atomic E-state index is 12.4. The molecule has 3 aromatic rings. The van der Waals surface area contributed by atoms with Gasteiger partial charge in [0, 0.05) is 12.8 Å². The van der Waals surface area contributed by atoms with Crippen LogP contribution in [0.15, 0.2) is 60.9 Å². The summed E-state index contributed by atoms with van der Waals surface area (Å²) in [4.78, 5) is 16.6. The fourth-order valence-corrected chi connectivity index (χ4v) is 2.54. The fraction of sp³-hybridized carbons (Fsp3) is 0.167. The molecule has 25 heavy (non-hydrogen) atoms. The van der Waals surface area contributed by atoms with Gasteiger partial charge in [0.05, 0.1) is 23.6 Å². The molecule has 4 N–H and O–H groups in total. The van der Waals surface area contributed by atoms with Crippen LogP contribution in [0, 0.1) is 0 Å². The summed E-state index contributed by atoms with van der Waals surface area (Å²) in [6, 6.07) is 14.4. The van der Waals surface area contributed by atoms with Gasteiger partial charge in [-0.1, -0.05) is 36.4 Å². The summed E-state index contributed by atoms with van der Waals surface area (Å²) in [5.74, 6) is 0. The molecule has 0 saturated carbocycles. The quantitative estimate of drug-likeness (QED) is 0.555. The van der Waals surface area contributed by atoms with Gasteiger partial charge in [-0.2, -0.15) is 5.10 Å². The van der Waals surface area contributed by atoms with E-state index in [1.54, 1.807) is 6.20 Å². The zero-order valence-electron chi connectivity index (χ0n) is 13.5. The molecule has 0 saturated heterocycles. The summed E-state index contributed by atoms with van der Waals surface area (Å²) in [5.41, 5.74) is 2.79. The molecule has 7 heteroatoms. The number of carbonyl (C=O) groups is 1. The van der Waals surface area contributed by atoms with Crippen molar-refractivity contribution < 1.29 is 9.90 Å². The third-order valence-corrected chi connectivity index (χ3v) is 3.73. The smallest absolute Gasteiger partial charge is 0.319 e. The Kier molecular flexibility index (Phi) is 5.38. The molecule has 0 aliphatic carbocycles. The molecule has 0 aliphatic rings. The number of aliphatic hydroxyl groups excluding tert-OH is 1. The fourth-order valence-electron chi connectivity index (χ4n) is 2.54. The third kappa shape index (κ3) is 4.21. The van der Waals surface area contributed by atoms with Gasteiger partial charge in [0.1, 0.15) is 5.69 Å². The largest absolute Gasteiger partial charge is 0.396 e. The summed E-state index contributed by atoms with van der Waals surface area (Å²) >= 11 is 0. The van der Waals surface area contributed by atoms with Crippen LogP contribution in [0.4, 0.5) is 10.5 Å². The van der Waals surface area contributed by atoms with Crippen molar-refractivity contribution in [1.82, 2.24) is 20.5 Å². The maximum absolute atomic E-state index is 12.4. The number of pyridine rings is 1. The number of hydrogen-bond acceptors (Lipinski definition) is 4. The van der Waals surface area contributed by atoms with Crippen molar-refractivity contribution in [3.8, 4) is 11.4 Å². The number of nitrogens with one attached hydrogen (secondary N) is 3. The van der Waals surface area contributed by atoms with Gasteiger partial charge in [-0.05, 0) is 24.1 Å². The zero-order chi connectivity index (χ0) is 17.5. The summed E-state index contributed by atoms with van der Waals surface area (Å²) in [7, 11) is 0. The molecule has 3 rings (SSSR count). The lowest BCUT2D eigenvalue weighted by Crippen LogP contribution is -2.33. The van der Waals surface area contributed by atoms with E-state index in [-0.39, 0.29) is 18.7 Å². The van der Waals surface area contributed by atoms with E-state index in [2.05, 4.69) is 25.8 Å². The highest BCUT2D eigenvalue weighted by molar-refractivity contribution is 5.93. The predicted octanol–water partition coefficient (Wildman–Crippen LogP) is 2.72. The Morgan fingerprint density at radius 2 is 1.96 bits per heavy atom. The normalized spacial score (nSPS) is 11.7. The topological polar surface area (TPSA) is 103 Å². The summed E-state index contributed by atoms with van der Waals surface area (Å²) < 4.78 is 0. The van der Waals surface area contributed by atoms with Gasteiger partial charge in [-0.3, -0.25) is 10.1 Å². The molecule has 2 amide bonds. The molecule has 0 aliphatic heterocycles. The number of urea groups is 1. The first-order valence-electron chi connectivity index (χ1n) is 7.96. The minimum absolute atomic E-state index is 0.0231. The first-order valence-corrected chi connectivity index (χ1v) is 7.96. The van der Waals surface area contributed by atoms with Gasteiger partial charge in [0.25, 0.3) is 0 Å². The number of aromatic amines is 1. The molecule has 0 unspecified atom stereocenters. The number of carbonyl (C=O) groups excluding carboxylic acids is 1. The Labute approximate surface area is 145 Å². The summed E-state index contributed by atoms with van der Waals surface area (Å²) in [5, 5.41) is 21.7.